The summed E-state index contributed by atoms with van der Waals surface area (Å²) in [7, 11) is 0. The first-order valence-corrected chi connectivity index (χ1v) is 6.99. The van der Waals surface area contributed by atoms with E-state index < -0.39 is 0 Å². The van der Waals surface area contributed by atoms with Crippen LogP contribution in [0.4, 0.5) is 11.6 Å². The van der Waals surface area contributed by atoms with E-state index >= 15 is 0 Å². The molecule has 1 saturated heterocycles. The van der Waals surface area contributed by atoms with Crippen LogP contribution >= 0.6 is 0 Å². The average molecular weight is 258 g/mol. The Morgan fingerprint density at radius 1 is 1.37 bits per heavy atom. The number of hydrogen-bond acceptors (Lipinski definition) is 5. The van der Waals surface area contributed by atoms with Crippen molar-refractivity contribution in [1.29, 1.82) is 0 Å². The molecule has 3 N–H and O–H groups in total. The molecule has 2 aliphatic heterocycles. The first-order valence-electron chi connectivity index (χ1n) is 6.99. The number of nitrogens with zero attached hydrogens (tertiary/aromatic N) is 3. The van der Waals surface area contributed by atoms with Gasteiger partial charge in [0.2, 0.25) is 0 Å². The molecule has 1 atom stereocenters. The molecule has 2 aliphatic rings. The lowest BCUT2D eigenvalue weighted by atomic mass is 10.1. The summed E-state index contributed by atoms with van der Waals surface area (Å²) in [4.78, 5) is 4.72. The quantitative estimate of drug-likeness (QED) is 0.745. The van der Waals surface area contributed by atoms with Gasteiger partial charge in [-0.2, -0.15) is 9.61 Å². The highest BCUT2D eigenvalue weighted by Gasteiger charge is 2.22. The van der Waals surface area contributed by atoms with Crippen LogP contribution in [0, 0.1) is 0 Å². The maximum absolute atomic E-state index is 4.72. The molecule has 2 aromatic rings. The maximum Gasteiger partial charge on any atom is 0.159 e. The van der Waals surface area contributed by atoms with Gasteiger partial charge in [0.15, 0.2) is 5.65 Å². The third-order valence-corrected chi connectivity index (χ3v) is 3.94. The standard InChI is InChI=1S/C13H18N6/c1-2-9(8-14-5-1)17-12-10-3-6-15-13(10)19-11(18-12)4-7-16-19/h4,7,9,14-15H,1-3,5-6,8H2,(H,17,18). The highest BCUT2D eigenvalue weighted by molar-refractivity contribution is 5.67. The minimum Gasteiger partial charge on any atom is -0.369 e. The number of nitrogens with one attached hydrogen (secondary N) is 3. The van der Waals surface area contributed by atoms with Gasteiger partial charge in [0.05, 0.1) is 6.20 Å². The molecule has 100 valence electrons. The Hall–Kier alpha value is -1.82. The fourth-order valence-electron chi connectivity index (χ4n) is 2.99. The molecular formula is C13H18N6. The van der Waals surface area contributed by atoms with Crippen LogP contribution in [0.2, 0.25) is 0 Å². The number of rotatable bonds is 2. The number of fused-ring (bicyclic) bond motifs is 3. The van der Waals surface area contributed by atoms with Crippen LogP contribution in [0.15, 0.2) is 12.3 Å². The summed E-state index contributed by atoms with van der Waals surface area (Å²) in [6, 6.07) is 2.43. The predicted molar refractivity (Wildman–Crippen MR) is 74.7 cm³/mol. The van der Waals surface area contributed by atoms with Crippen LogP contribution in [0.3, 0.4) is 0 Å². The molecule has 6 heteroatoms. The van der Waals surface area contributed by atoms with E-state index in [1.165, 1.54) is 18.4 Å². The lowest BCUT2D eigenvalue weighted by Crippen LogP contribution is -2.38. The van der Waals surface area contributed by atoms with Gasteiger partial charge < -0.3 is 16.0 Å². The van der Waals surface area contributed by atoms with Crippen molar-refractivity contribution in [3.05, 3.63) is 17.8 Å². The first kappa shape index (κ1) is 11.0. The van der Waals surface area contributed by atoms with Crippen molar-refractivity contribution < 1.29 is 0 Å². The van der Waals surface area contributed by atoms with Crippen molar-refractivity contribution >= 4 is 17.3 Å². The van der Waals surface area contributed by atoms with Crippen LogP contribution in [-0.4, -0.2) is 40.3 Å². The van der Waals surface area contributed by atoms with Gasteiger partial charge in [-0.1, -0.05) is 0 Å². The molecular weight excluding hydrogens is 240 g/mol. The first-order chi connectivity index (χ1) is 9.42. The zero-order valence-electron chi connectivity index (χ0n) is 10.8. The van der Waals surface area contributed by atoms with E-state index in [0.717, 1.165) is 43.3 Å². The van der Waals surface area contributed by atoms with Crippen molar-refractivity contribution in [2.45, 2.75) is 25.3 Å². The lowest BCUT2D eigenvalue weighted by Gasteiger charge is -2.25. The van der Waals surface area contributed by atoms with E-state index in [0.29, 0.717) is 6.04 Å². The number of hydrogen-bond donors (Lipinski definition) is 3. The molecule has 0 spiro atoms. The van der Waals surface area contributed by atoms with Gasteiger partial charge in [0, 0.05) is 30.8 Å². The summed E-state index contributed by atoms with van der Waals surface area (Å²) in [5.41, 5.74) is 2.17. The molecule has 19 heavy (non-hydrogen) atoms. The molecule has 2 aromatic heterocycles. The van der Waals surface area contributed by atoms with Crippen molar-refractivity contribution in [2.75, 3.05) is 30.3 Å². The van der Waals surface area contributed by atoms with Gasteiger partial charge >= 0.3 is 0 Å². The largest absolute Gasteiger partial charge is 0.369 e. The van der Waals surface area contributed by atoms with Crippen LogP contribution in [0.1, 0.15) is 18.4 Å². The Morgan fingerprint density at radius 3 is 3.26 bits per heavy atom. The second-order valence-electron chi connectivity index (χ2n) is 5.25. The van der Waals surface area contributed by atoms with Gasteiger partial charge in [-0.25, -0.2) is 4.98 Å². The highest BCUT2D eigenvalue weighted by Crippen LogP contribution is 2.29. The molecule has 0 saturated carbocycles. The van der Waals surface area contributed by atoms with Crippen LogP contribution in [-0.2, 0) is 6.42 Å². The van der Waals surface area contributed by atoms with E-state index in [1.807, 2.05) is 10.6 Å². The topological polar surface area (TPSA) is 66.3 Å². The zero-order chi connectivity index (χ0) is 12.7. The van der Waals surface area contributed by atoms with Crippen LogP contribution in [0.5, 0.6) is 0 Å². The molecule has 1 fully saturated rings. The summed E-state index contributed by atoms with van der Waals surface area (Å²) in [6.07, 6.45) is 5.25. The highest BCUT2D eigenvalue weighted by atomic mass is 15.3. The summed E-state index contributed by atoms with van der Waals surface area (Å²) in [6.45, 7) is 3.12. The summed E-state index contributed by atoms with van der Waals surface area (Å²) in [5, 5.41) is 14.8. The minimum absolute atomic E-state index is 0.483. The van der Waals surface area contributed by atoms with Crippen LogP contribution < -0.4 is 16.0 Å². The normalized spacial score (nSPS) is 22.2. The Balaban J connectivity index is 1.72. The smallest absolute Gasteiger partial charge is 0.159 e. The fraction of sp³-hybridized carbons (Fsp3) is 0.538. The second kappa shape index (κ2) is 4.38. The maximum atomic E-state index is 4.72. The summed E-state index contributed by atoms with van der Waals surface area (Å²) < 4.78 is 1.90. The van der Waals surface area contributed by atoms with Crippen LogP contribution in [0.25, 0.3) is 5.65 Å². The molecule has 4 heterocycles. The van der Waals surface area contributed by atoms with E-state index in [2.05, 4.69) is 21.0 Å². The summed E-state index contributed by atoms with van der Waals surface area (Å²) >= 11 is 0. The Kier molecular flexibility index (Phi) is 2.55. The number of piperidine rings is 1. The molecule has 0 aromatic carbocycles. The molecule has 0 aliphatic carbocycles. The SMILES string of the molecule is c1cc2nc(NC3CCCNC3)c3c(n2n1)NCC3. The predicted octanol–water partition coefficient (Wildman–Crippen LogP) is 0.861. The van der Waals surface area contributed by atoms with Crippen molar-refractivity contribution in [2.24, 2.45) is 0 Å². The van der Waals surface area contributed by atoms with Crippen molar-refractivity contribution in [3.63, 3.8) is 0 Å². The monoisotopic (exact) mass is 258 g/mol. The van der Waals surface area contributed by atoms with Gasteiger partial charge in [-0.3, -0.25) is 0 Å². The molecule has 1 unspecified atom stereocenters. The Bertz CT molecular complexity index is 598. The van der Waals surface area contributed by atoms with Gasteiger partial charge in [-0.15, -0.1) is 0 Å². The minimum atomic E-state index is 0.483. The number of anilines is 2. The fourth-order valence-corrected chi connectivity index (χ4v) is 2.99. The van der Waals surface area contributed by atoms with Gasteiger partial charge in [-0.05, 0) is 25.8 Å². The third-order valence-electron chi connectivity index (χ3n) is 3.94. The molecule has 0 amide bonds. The van der Waals surface area contributed by atoms with Crippen molar-refractivity contribution in [3.8, 4) is 0 Å². The number of aromatic nitrogens is 3. The Morgan fingerprint density at radius 2 is 2.37 bits per heavy atom. The average Bonchev–Trinajstić information content (AvgIpc) is 3.07. The Labute approximate surface area is 111 Å². The molecule has 0 bridgehead atoms. The lowest BCUT2D eigenvalue weighted by molar-refractivity contribution is 0.479. The molecule has 4 rings (SSSR count). The van der Waals surface area contributed by atoms with Gasteiger partial charge in [0.25, 0.3) is 0 Å². The van der Waals surface area contributed by atoms with E-state index in [4.69, 9.17) is 4.98 Å². The third kappa shape index (κ3) is 1.83. The molecule has 0 radical (unpaired) electrons. The second-order valence-corrected chi connectivity index (χ2v) is 5.25. The molecule has 6 nitrogen and oxygen atoms in total. The van der Waals surface area contributed by atoms with Crippen molar-refractivity contribution in [1.82, 2.24) is 19.9 Å². The van der Waals surface area contributed by atoms with Gasteiger partial charge in [0.1, 0.15) is 11.6 Å². The van der Waals surface area contributed by atoms with E-state index in [-0.39, 0.29) is 0 Å². The zero-order valence-corrected chi connectivity index (χ0v) is 10.8. The van der Waals surface area contributed by atoms with E-state index in [9.17, 15) is 0 Å². The van der Waals surface area contributed by atoms with E-state index in [1.54, 1.807) is 6.20 Å². The summed E-state index contributed by atoms with van der Waals surface area (Å²) in [5.74, 6) is 2.13.